The van der Waals surface area contributed by atoms with Crippen LogP contribution in [0.2, 0.25) is 0 Å². The van der Waals surface area contributed by atoms with Gasteiger partial charge in [-0.2, -0.15) is 0 Å². The fourth-order valence-corrected chi connectivity index (χ4v) is 3.73. The maximum atomic E-state index is 12.6. The zero-order valence-corrected chi connectivity index (χ0v) is 17.1. The molecule has 0 fully saturated rings. The summed E-state index contributed by atoms with van der Waals surface area (Å²) in [6.07, 6.45) is 1.61. The number of rotatable bonds is 9. The van der Waals surface area contributed by atoms with Gasteiger partial charge >= 0.3 is 0 Å². The number of benzene rings is 1. The van der Waals surface area contributed by atoms with Crippen LogP contribution < -0.4 is 5.32 Å². The molecule has 0 aliphatic heterocycles. The molecule has 148 valence electrons. The zero-order chi connectivity index (χ0) is 19.9. The van der Waals surface area contributed by atoms with Crippen molar-refractivity contribution >= 4 is 17.7 Å². The van der Waals surface area contributed by atoms with Gasteiger partial charge in [0.25, 0.3) is 0 Å². The predicted octanol–water partition coefficient (Wildman–Crippen LogP) is 3.07. The van der Waals surface area contributed by atoms with Gasteiger partial charge in [0.1, 0.15) is 0 Å². The van der Waals surface area contributed by atoms with E-state index in [2.05, 4.69) is 20.4 Å². The smallest absolute Gasteiger partial charge is 0.231 e. The molecule has 1 aromatic carbocycles. The van der Waals surface area contributed by atoms with Crippen molar-refractivity contribution < 1.29 is 9.21 Å². The van der Waals surface area contributed by atoms with Gasteiger partial charge in [-0.15, -0.1) is 10.2 Å². The molecular formula is C20H25N5O2S. The van der Waals surface area contributed by atoms with Crippen LogP contribution in [0.1, 0.15) is 18.5 Å². The lowest BCUT2D eigenvalue weighted by atomic mass is 10.1. The average molecular weight is 400 g/mol. The fraction of sp³-hybridized carbons (Fsp3) is 0.350. The largest absolute Gasteiger partial charge is 0.461 e. The van der Waals surface area contributed by atoms with Crippen LogP contribution in [-0.4, -0.2) is 52.0 Å². The lowest BCUT2D eigenvalue weighted by molar-refractivity contribution is -0.119. The van der Waals surface area contributed by atoms with Crippen molar-refractivity contribution in [2.24, 2.45) is 0 Å². The molecule has 0 saturated heterocycles. The summed E-state index contributed by atoms with van der Waals surface area (Å²) in [5.41, 5.74) is 1.09. The van der Waals surface area contributed by atoms with Crippen molar-refractivity contribution in [1.29, 1.82) is 0 Å². The lowest BCUT2D eigenvalue weighted by Gasteiger charge is -2.22. The summed E-state index contributed by atoms with van der Waals surface area (Å²) in [5.74, 6) is 1.57. The SMILES string of the molecule is CCn1c(SCC(=O)N[C@H](CN(C)C)c2ccccc2)nnc1-c1ccco1. The second-order valence-corrected chi connectivity index (χ2v) is 7.55. The summed E-state index contributed by atoms with van der Waals surface area (Å²) >= 11 is 1.38. The Labute approximate surface area is 169 Å². The van der Waals surface area contributed by atoms with Gasteiger partial charge in [-0.1, -0.05) is 42.1 Å². The van der Waals surface area contributed by atoms with Crippen molar-refractivity contribution in [3.8, 4) is 11.6 Å². The highest BCUT2D eigenvalue weighted by Crippen LogP contribution is 2.24. The van der Waals surface area contributed by atoms with E-state index in [9.17, 15) is 4.79 Å². The first-order valence-electron chi connectivity index (χ1n) is 9.17. The summed E-state index contributed by atoms with van der Waals surface area (Å²) in [4.78, 5) is 14.7. The number of likely N-dealkylation sites (N-methyl/N-ethyl adjacent to an activating group) is 1. The average Bonchev–Trinajstić information content (AvgIpc) is 3.35. The molecule has 1 amide bonds. The highest BCUT2D eigenvalue weighted by atomic mass is 32.2. The maximum absolute atomic E-state index is 12.6. The Morgan fingerprint density at radius 1 is 1.21 bits per heavy atom. The highest BCUT2D eigenvalue weighted by molar-refractivity contribution is 7.99. The topological polar surface area (TPSA) is 76.2 Å². The van der Waals surface area contributed by atoms with Crippen LogP contribution in [0, 0.1) is 0 Å². The third-order valence-corrected chi connectivity index (χ3v) is 5.16. The van der Waals surface area contributed by atoms with Crippen molar-refractivity contribution in [3.63, 3.8) is 0 Å². The molecule has 0 saturated carbocycles. The van der Waals surface area contributed by atoms with Gasteiger partial charge in [0.2, 0.25) is 5.91 Å². The minimum absolute atomic E-state index is 0.0362. The van der Waals surface area contributed by atoms with E-state index in [-0.39, 0.29) is 17.7 Å². The minimum atomic E-state index is -0.0629. The van der Waals surface area contributed by atoms with E-state index in [1.54, 1.807) is 6.26 Å². The van der Waals surface area contributed by atoms with Crippen LogP contribution in [0.3, 0.4) is 0 Å². The molecule has 2 heterocycles. The first-order valence-corrected chi connectivity index (χ1v) is 10.2. The van der Waals surface area contributed by atoms with E-state index in [0.717, 1.165) is 12.1 Å². The predicted molar refractivity (Wildman–Crippen MR) is 110 cm³/mol. The zero-order valence-electron chi connectivity index (χ0n) is 16.3. The first-order chi connectivity index (χ1) is 13.6. The number of nitrogens with zero attached hydrogens (tertiary/aromatic N) is 4. The van der Waals surface area contributed by atoms with Gasteiger partial charge in [0, 0.05) is 13.1 Å². The van der Waals surface area contributed by atoms with Crippen LogP contribution in [0.25, 0.3) is 11.6 Å². The maximum Gasteiger partial charge on any atom is 0.231 e. The summed E-state index contributed by atoms with van der Waals surface area (Å²) in [6, 6.07) is 13.6. The van der Waals surface area contributed by atoms with Crippen LogP contribution >= 0.6 is 11.8 Å². The number of hydrogen-bond acceptors (Lipinski definition) is 6. The number of furan rings is 1. The summed E-state index contributed by atoms with van der Waals surface area (Å²) < 4.78 is 7.37. The Hall–Kier alpha value is -2.58. The molecule has 7 nitrogen and oxygen atoms in total. The number of amides is 1. The van der Waals surface area contributed by atoms with Crippen molar-refractivity contribution in [2.75, 3.05) is 26.4 Å². The van der Waals surface area contributed by atoms with Crippen LogP contribution in [0.5, 0.6) is 0 Å². The van der Waals surface area contributed by atoms with Gasteiger partial charge < -0.3 is 14.6 Å². The Morgan fingerprint density at radius 3 is 2.64 bits per heavy atom. The molecule has 0 spiro atoms. The van der Waals surface area contributed by atoms with E-state index >= 15 is 0 Å². The van der Waals surface area contributed by atoms with Gasteiger partial charge in [0.15, 0.2) is 16.7 Å². The number of carbonyl (C=O) groups is 1. The van der Waals surface area contributed by atoms with Crippen LogP contribution in [-0.2, 0) is 11.3 Å². The summed E-state index contributed by atoms with van der Waals surface area (Å²) in [6.45, 7) is 3.44. The Bertz CT molecular complexity index is 877. The van der Waals surface area contributed by atoms with Gasteiger partial charge in [0.05, 0.1) is 18.1 Å². The van der Waals surface area contributed by atoms with Gasteiger partial charge in [-0.25, -0.2) is 0 Å². The van der Waals surface area contributed by atoms with Crippen molar-refractivity contribution in [3.05, 3.63) is 54.3 Å². The molecule has 2 aromatic heterocycles. The van der Waals surface area contributed by atoms with Crippen molar-refractivity contribution in [2.45, 2.75) is 24.7 Å². The summed E-state index contributed by atoms with van der Waals surface area (Å²) in [5, 5.41) is 12.3. The second kappa shape index (κ2) is 9.57. The van der Waals surface area contributed by atoms with E-state index in [4.69, 9.17) is 4.42 Å². The lowest BCUT2D eigenvalue weighted by Crippen LogP contribution is -2.36. The normalized spacial score (nSPS) is 12.3. The number of nitrogens with one attached hydrogen (secondary N) is 1. The number of hydrogen-bond donors (Lipinski definition) is 1. The minimum Gasteiger partial charge on any atom is -0.461 e. The number of aromatic nitrogens is 3. The molecule has 3 rings (SSSR count). The standard InChI is InChI=1S/C20H25N5O2S/c1-4-25-19(17-11-8-12-27-17)22-23-20(25)28-14-18(26)21-16(13-24(2)3)15-9-6-5-7-10-15/h5-12,16H,4,13-14H2,1-3H3,(H,21,26)/t16-/m1/s1. The molecule has 3 aromatic rings. The first kappa shape index (κ1) is 20.2. The molecule has 0 unspecified atom stereocenters. The van der Waals surface area contributed by atoms with E-state index in [1.165, 1.54) is 11.8 Å². The molecule has 8 heteroatoms. The molecular weight excluding hydrogens is 374 g/mol. The number of carbonyl (C=O) groups excluding carboxylic acids is 1. The van der Waals surface area contributed by atoms with Crippen LogP contribution in [0.15, 0.2) is 58.3 Å². The molecule has 1 atom stereocenters. The molecule has 0 bridgehead atoms. The molecule has 1 N–H and O–H groups in total. The monoisotopic (exact) mass is 399 g/mol. The van der Waals surface area contributed by atoms with E-state index in [0.29, 0.717) is 23.3 Å². The molecule has 0 aliphatic rings. The third kappa shape index (κ3) is 5.02. The Balaban J connectivity index is 1.65. The number of thioether (sulfide) groups is 1. The van der Waals surface area contributed by atoms with E-state index < -0.39 is 0 Å². The third-order valence-electron chi connectivity index (χ3n) is 4.19. The van der Waals surface area contributed by atoms with Gasteiger partial charge in [-0.05, 0) is 38.7 Å². The second-order valence-electron chi connectivity index (χ2n) is 6.61. The quantitative estimate of drug-likeness (QED) is 0.557. The fourth-order valence-electron chi connectivity index (χ4n) is 2.92. The Kier molecular flexibility index (Phi) is 6.89. The summed E-state index contributed by atoms with van der Waals surface area (Å²) in [7, 11) is 3.99. The Morgan fingerprint density at radius 2 is 2.00 bits per heavy atom. The molecule has 0 aliphatic carbocycles. The van der Waals surface area contributed by atoms with Crippen molar-refractivity contribution in [1.82, 2.24) is 25.0 Å². The highest BCUT2D eigenvalue weighted by Gasteiger charge is 2.18. The van der Waals surface area contributed by atoms with E-state index in [1.807, 2.05) is 68.1 Å². The van der Waals surface area contributed by atoms with Crippen LogP contribution in [0.4, 0.5) is 0 Å². The van der Waals surface area contributed by atoms with Gasteiger partial charge in [-0.3, -0.25) is 9.36 Å². The molecule has 0 radical (unpaired) electrons. The molecule has 28 heavy (non-hydrogen) atoms.